The van der Waals surface area contributed by atoms with Gasteiger partial charge in [0.1, 0.15) is 12.6 Å². The minimum atomic E-state index is -0.880. The number of hydrogen-bond acceptors (Lipinski definition) is 4. The van der Waals surface area contributed by atoms with E-state index in [1.807, 2.05) is 0 Å². The lowest BCUT2D eigenvalue weighted by Gasteiger charge is -2.12. The van der Waals surface area contributed by atoms with Crippen LogP contribution in [0.25, 0.3) is 0 Å². The van der Waals surface area contributed by atoms with E-state index in [2.05, 4.69) is 16.0 Å². The molecule has 0 aromatic heterocycles. The Labute approximate surface area is 76.1 Å². The summed E-state index contributed by atoms with van der Waals surface area (Å²) in [6.45, 7) is -0.682. The van der Waals surface area contributed by atoms with Crippen LogP contribution in [0.1, 0.15) is 6.42 Å². The summed E-state index contributed by atoms with van der Waals surface area (Å²) in [7, 11) is 1.19. The summed E-state index contributed by atoms with van der Waals surface area (Å²) in [6.07, 6.45) is 5.01. The largest absolute Gasteiger partial charge is 0.467 e. The van der Waals surface area contributed by atoms with Gasteiger partial charge in [-0.3, -0.25) is 4.79 Å². The number of ether oxygens (including phenoxy) is 1. The fraction of sp³-hybridized carbons (Fsp3) is 0.500. The summed E-state index contributed by atoms with van der Waals surface area (Å²) in [4.78, 5) is 21.6. The zero-order valence-corrected chi connectivity index (χ0v) is 7.24. The van der Waals surface area contributed by atoms with E-state index in [9.17, 15) is 9.59 Å². The lowest BCUT2D eigenvalue weighted by molar-refractivity contribution is -0.145. The normalized spacial score (nSPS) is 11.2. The Kier molecular flexibility index (Phi) is 5.32. The van der Waals surface area contributed by atoms with E-state index >= 15 is 0 Å². The first-order valence-electron chi connectivity index (χ1n) is 3.57. The van der Waals surface area contributed by atoms with Crippen molar-refractivity contribution in [3.63, 3.8) is 0 Å². The number of nitrogens with one attached hydrogen (secondary N) is 1. The Hall–Kier alpha value is -1.54. The van der Waals surface area contributed by atoms with Crippen molar-refractivity contribution in [2.75, 3.05) is 13.7 Å². The van der Waals surface area contributed by atoms with Gasteiger partial charge in [0, 0.05) is 6.42 Å². The number of carbonyl (C=O) groups excluding carboxylic acids is 2. The molecule has 0 aliphatic rings. The van der Waals surface area contributed by atoms with Gasteiger partial charge >= 0.3 is 5.97 Å². The lowest BCUT2D eigenvalue weighted by Crippen LogP contribution is -2.42. The molecule has 72 valence electrons. The number of hydrogen-bond donors (Lipinski definition) is 2. The van der Waals surface area contributed by atoms with Gasteiger partial charge in [-0.15, -0.1) is 12.3 Å². The summed E-state index contributed by atoms with van der Waals surface area (Å²) in [5.74, 6) is 0.929. The van der Waals surface area contributed by atoms with Gasteiger partial charge in [-0.25, -0.2) is 4.79 Å². The van der Waals surface area contributed by atoms with E-state index < -0.39 is 24.5 Å². The van der Waals surface area contributed by atoms with Crippen LogP contribution in [0, 0.1) is 12.3 Å². The van der Waals surface area contributed by atoms with Crippen molar-refractivity contribution in [1.82, 2.24) is 5.32 Å². The molecule has 0 saturated carbocycles. The van der Waals surface area contributed by atoms with E-state index in [1.165, 1.54) is 7.11 Å². The predicted octanol–water partition coefficient (Wildman–Crippen LogP) is -1.34. The van der Waals surface area contributed by atoms with Crippen LogP contribution in [0.2, 0.25) is 0 Å². The second-order valence-corrected chi connectivity index (χ2v) is 2.21. The highest BCUT2D eigenvalue weighted by Crippen LogP contribution is 1.93. The highest BCUT2D eigenvalue weighted by molar-refractivity contribution is 5.85. The molecule has 0 rings (SSSR count). The average Bonchev–Trinajstić information content (AvgIpc) is 2.15. The Balaban J connectivity index is 4.18. The van der Waals surface area contributed by atoms with Gasteiger partial charge in [0.2, 0.25) is 5.91 Å². The van der Waals surface area contributed by atoms with Gasteiger partial charge in [-0.1, -0.05) is 0 Å². The molecule has 0 heterocycles. The minimum Gasteiger partial charge on any atom is -0.467 e. The quantitative estimate of drug-likeness (QED) is 0.420. The number of rotatable bonds is 4. The Morgan fingerprint density at radius 2 is 2.31 bits per heavy atom. The number of esters is 1. The number of carbonyl (C=O) groups is 2. The first-order valence-corrected chi connectivity index (χ1v) is 3.57. The van der Waals surface area contributed by atoms with Gasteiger partial charge in [0.05, 0.1) is 7.11 Å². The summed E-state index contributed by atoms with van der Waals surface area (Å²) < 4.78 is 4.38. The van der Waals surface area contributed by atoms with Crippen molar-refractivity contribution in [2.45, 2.75) is 12.5 Å². The SMILES string of the molecule is C#CC[C@@H](NC(=O)CO)C(=O)OC. The standard InChI is InChI=1S/C8H11NO4/c1-3-4-6(8(12)13-2)9-7(11)5-10/h1,6,10H,4-5H2,2H3,(H,9,11)/t6-/m1/s1. The van der Waals surface area contributed by atoms with Crippen LogP contribution in [0.3, 0.4) is 0 Å². The molecule has 1 amide bonds. The summed E-state index contributed by atoms with van der Waals surface area (Å²) >= 11 is 0. The van der Waals surface area contributed by atoms with Gasteiger partial charge in [0.25, 0.3) is 0 Å². The van der Waals surface area contributed by atoms with Crippen LogP contribution in [-0.2, 0) is 14.3 Å². The van der Waals surface area contributed by atoms with E-state index in [-0.39, 0.29) is 6.42 Å². The van der Waals surface area contributed by atoms with E-state index in [4.69, 9.17) is 11.5 Å². The van der Waals surface area contributed by atoms with Crippen LogP contribution in [-0.4, -0.2) is 36.7 Å². The highest BCUT2D eigenvalue weighted by atomic mass is 16.5. The predicted molar refractivity (Wildman–Crippen MR) is 44.5 cm³/mol. The third kappa shape index (κ3) is 4.13. The highest BCUT2D eigenvalue weighted by Gasteiger charge is 2.19. The van der Waals surface area contributed by atoms with Gasteiger partial charge in [-0.05, 0) is 0 Å². The second-order valence-electron chi connectivity index (χ2n) is 2.21. The molecule has 2 N–H and O–H groups in total. The third-order valence-corrected chi connectivity index (χ3v) is 1.29. The molecule has 0 fully saturated rings. The monoisotopic (exact) mass is 185 g/mol. The number of amides is 1. The third-order valence-electron chi connectivity index (χ3n) is 1.29. The van der Waals surface area contributed by atoms with E-state index in [0.29, 0.717) is 0 Å². The molecule has 0 spiro atoms. The molecule has 0 radical (unpaired) electrons. The van der Waals surface area contributed by atoms with Crippen molar-refractivity contribution in [3.8, 4) is 12.3 Å². The second kappa shape index (κ2) is 6.03. The zero-order valence-electron chi connectivity index (χ0n) is 7.24. The smallest absolute Gasteiger partial charge is 0.329 e. The number of aliphatic hydroxyl groups is 1. The molecule has 0 saturated heterocycles. The molecule has 0 aliphatic heterocycles. The van der Waals surface area contributed by atoms with E-state index in [0.717, 1.165) is 0 Å². The fourth-order valence-corrected chi connectivity index (χ4v) is 0.693. The van der Waals surface area contributed by atoms with Crippen LogP contribution in [0.5, 0.6) is 0 Å². The van der Waals surface area contributed by atoms with Gasteiger partial charge in [0.15, 0.2) is 0 Å². The molecular formula is C8H11NO4. The van der Waals surface area contributed by atoms with Gasteiger partial charge in [-0.2, -0.15) is 0 Å². The molecule has 13 heavy (non-hydrogen) atoms. The maximum absolute atomic E-state index is 10.9. The van der Waals surface area contributed by atoms with Crippen molar-refractivity contribution < 1.29 is 19.4 Å². The summed E-state index contributed by atoms with van der Waals surface area (Å²) in [6, 6.07) is -0.880. The molecule has 0 aromatic carbocycles. The van der Waals surface area contributed by atoms with Crippen molar-refractivity contribution in [2.24, 2.45) is 0 Å². The van der Waals surface area contributed by atoms with Crippen molar-refractivity contribution >= 4 is 11.9 Å². The number of aliphatic hydroxyl groups excluding tert-OH is 1. The molecular weight excluding hydrogens is 174 g/mol. The first-order chi connectivity index (χ1) is 6.15. The summed E-state index contributed by atoms with van der Waals surface area (Å²) in [5, 5.41) is 10.6. The van der Waals surface area contributed by atoms with Gasteiger partial charge < -0.3 is 15.2 Å². The van der Waals surface area contributed by atoms with E-state index in [1.54, 1.807) is 0 Å². The van der Waals surface area contributed by atoms with Crippen LogP contribution in [0.15, 0.2) is 0 Å². The van der Waals surface area contributed by atoms with Crippen molar-refractivity contribution in [1.29, 1.82) is 0 Å². The first kappa shape index (κ1) is 11.5. The maximum atomic E-state index is 10.9. The fourth-order valence-electron chi connectivity index (χ4n) is 0.693. The molecule has 0 bridgehead atoms. The lowest BCUT2D eigenvalue weighted by atomic mass is 10.2. The Morgan fingerprint density at radius 3 is 2.69 bits per heavy atom. The maximum Gasteiger partial charge on any atom is 0.329 e. The Bertz CT molecular complexity index is 231. The molecule has 0 aromatic rings. The average molecular weight is 185 g/mol. The zero-order chi connectivity index (χ0) is 10.3. The Morgan fingerprint density at radius 1 is 1.69 bits per heavy atom. The molecule has 5 heteroatoms. The molecule has 0 aliphatic carbocycles. The molecule has 0 unspecified atom stereocenters. The van der Waals surface area contributed by atoms with Crippen LogP contribution in [0.4, 0.5) is 0 Å². The van der Waals surface area contributed by atoms with Crippen LogP contribution >= 0.6 is 0 Å². The van der Waals surface area contributed by atoms with Crippen molar-refractivity contribution in [3.05, 3.63) is 0 Å². The number of terminal acetylenes is 1. The van der Waals surface area contributed by atoms with Crippen LogP contribution < -0.4 is 5.32 Å². The minimum absolute atomic E-state index is 0.0401. The molecule has 5 nitrogen and oxygen atoms in total. The molecule has 1 atom stereocenters. The topological polar surface area (TPSA) is 75.6 Å². The number of methoxy groups -OCH3 is 1. The summed E-state index contributed by atoms with van der Waals surface area (Å²) in [5.41, 5.74) is 0.